The van der Waals surface area contributed by atoms with Gasteiger partial charge >= 0.3 is 0 Å². The maximum absolute atomic E-state index is 12.1. The third-order valence-corrected chi connectivity index (χ3v) is 2.86. The highest BCUT2D eigenvalue weighted by molar-refractivity contribution is 5.97. The molecule has 2 heteroatoms. The molecule has 1 aromatic carbocycles. The normalized spacial score (nSPS) is 18.2. The van der Waals surface area contributed by atoms with Crippen molar-refractivity contribution in [3.8, 4) is 0 Å². The molecule has 0 spiro atoms. The van der Waals surface area contributed by atoms with Crippen LogP contribution in [0.2, 0.25) is 0 Å². The van der Waals surface area contributed by atoms with Gasteiger partial charge in [-0.3, -0.25) is 4.79 Å². The molecule has 0 radical (unpaired) electrons. The van der Waals surface area contributed by atoms with E-state index < -0.39 is 0 Å². The summed E-state index contributed by atoms with van der Waals surface area (Å²) in [5.74, 6) is 0.265. The van der Waals surface area contributed by atoms with Crippen molar-refractivity contribution in [1.82, 2.24) is 0 Å². The fourth-order valence-electron chi connectivity index (χ4n) is 2.15. The van der Waals surface area contributed by atoms with E-state index in [0.29, 0.717) is 0 Å². The lowest BCUT2D eigenvalue weighted by molar-refractivity contribution is -0.116. The lowest BCUT2D eigenvalue weighted by atomic mass is 9.87. The number of benzene rings is 1. The Morgan fingerprint density at radius 3 is 2.88 bits per heavy atom. The minimum Gasteiger partial charge on any atom is -0.385 e. The van der Waals surface area contributed by atoms with Gasteiger partial charge in [-0.05, 0) is 38.0 Å². The highest BCUT2D eigenvalue weighted by Crippen LogP contribution is 2.32. The third kappa shape index (κ3) is 2.16. The topological polar surface area (TPSA) is 29.1 Å². The van der Waals surface area contributed by atoms with Crippen molar-refractivity contribution in [2.75, 3.05) is 11.9 Å². The molecule has 0 aliphatic carbocycles. The first-order valence-electron chi connectivity index (χ1n) is 5.70. The van der Waals surface area contributed by atoms with Gasteiger partial charge in [0.1, 0.15) is 0 Å². The number of para-hydroxylation sites is 1. The Morgan fingerprint density at radius 2 is 2.12 bits per heavy atom. The average Bonchev–Trinajstić information content (AvgIpc) is 2.27. The first-order chi connectivity index (χ1) is 7.68. The summed E-state index contributed by atoms with van der Waals surface area (Å²) in [5.41, 5.74) is 3.31. The zero-order valence-electron chi connectivity index (χ0n) is 9.79. The first kappa shape index (κ1) is 10.9. The van der Waals surface area contributed by atoms with Crippen LogP contribution in [-0.2, 0) is 4.79 Å². The predicted octanol–water partition coefficient (Wildman–Crippen LogP) is 3.12. The van der Waals surface area contributed by atoms with Gasteiger partial charge in [0.2, 0.25) is 0 Å². The van der Waals surface area contributed by atoms with Crippen LogP contribution in [0.4, 0.5) is 5.69 Å². The summed E-state index contributed by atoms with van der Waals surface area (Å²) >= 11 is 0. The van der Waals surface area contributed by atoms with E-state index in [1.54, 1.807) is 6.08 Å². The summed E-state index contributed by atoms with van der Waals surface area (Å²) in [6.07, 6.45) is 2.65. The minimum atomic E-state index is 0.0346. The fourth-order valence-corrected chi connectivity index (χ4v) is 2.15. The molecular formula is C14H17NO. The van der Waals surface area contributed by atoms with Crippen LogP contribution in [0, 0.1) is 0 Å². The molecule has 0 fully saturated rings. The number of fused-ring (bicyclic) bond motifs is 1. The maximum atomic E-state index is 12.1. The molecule has 1 atom stereocenters. The zero-order valence-corrected chi connectivity index (χ0v) is 9.79. The monoisotopic (exact) mass is 215 g/mol. The Labute approximate surface area is 96.4 Å². The van der Waals surface area contributed by atoms with Gasteiger partial charge in [-0.25, -0.2) is 0 Å². The van der Waals surface area contributed by atoms with E-state index in [1.165, 1.54) is 0 Å². The van der Waals surface area contributed by atoms with Crippen LogP contribution < -0.4 is 5.32 Å². The average molecular weight is 215 g/mol. The number of nitrogens with one attached hydrogen (secondary N) is 1. The number of rotatable bonds is 2. The largest absolute Gasteiger partial charge is 0.385 e. The minimum absolute atomic E-state index is 0.0346. The Hall–Kier alpha value is -1.57. The number of hydrogen-bond donors (Lipinski definition) is 1. The van der Waals surface area contributed by atoms with Crippen molar-refractivity contribution in [1.29, 1.82) is 0 Å². The van der Waals surface area contributed by atoms with E-state index in [1.807, 2.05) is 38.1 Å². The Balaban J connectivity index is 2.32. The van der Waals surface area contributed by atoms with Crippen LogP contribution in [0.5, 0.6) is 0 Å². The summed E-state index contributed by atoms with van der Waals surface area (Å²) in [6.45, 7) is 4.81. The van der Waals surface area contributed by atoms with Crippen LogP contribution in [0.15, 0.2) is 35.9 Å². The van der Waals surface area contributed by atoms with Gasteiger partial charge in [0.05, 0.1) is 5.92 Å². The van der Waals surface area contributed by atoms with Gasteiger partial charge in [-0.15, -0.1) is 0 Å². The molecule has 16 heavy (non-hydrogen) atoms. The van der Waals surface area contributed by atoms with Crippen LogP contribution in [-0.4, -0.2) is 12.3 Å². The molecule has 1 N–H and O–H groups in total. The van der Waals surface area contributed by atoms with Gasteiger partial charge in [0.15, 0.2) is 5.78 Å². The number of allylic oxidation sites excluding steroid dienone is 2. The first-order valence-corrected chi connectivity index (χ1v) is 5.70. The van der Waals surface area contributed by atoms with E-state index >= 15 is 0 Å². The van der Waals surface area contributed by atoms with E-state index in [2.05, 4.69) is 5.32 Å². The van der Waals surface area contributed by atoms with Gasteiger partial charge in [-0.1, -0.05) is 23.8 Å². The number of anilines is 1. The molecule has 2 rings (SSSR count). The van der Waals surface area contributed by atoms with Crippen molar-refractivity contribution < 1.29 is 4.79 Å². The molecule has 1 aromatic rings. The summed E-state index contributed by atoms with van der Waals surface area (Å²) in [5, 5.41) is 3.33. The van der Waals surface area contributed by atoms with Crippen molar-refractivity contribution in [2.24, 2.45) is 0 Å². The maximum Gasteiger partial charge on any atom is 0.163 e. The molecule has 1 heterocycles. The molecule has 1 aliphatic heterocycles. The van der Waals surface area contributed by atoms with Crippen LogP contribution >= 0.6 is 0 Å². The second-order valence-corrected chi connectivity index (χ2v) is 4.48. The Morgan fingerprint density at radius 1 is 1.38 bits per heavy atom. The third-order valence-electron chi connectivity index (χ3n) is 2.86. The lowest BCUT2D eigenvalue weighted by Gasteiger charge is -2.24. The SMILES string of the molecule is CC(C)=CC(=O)C1CCNc2ccccc21. The number of carbonyl (C=O) groups excluding carboxylic acids is 1. The van der Waals surface area contributed by atoms with E-state index in [4.69, 9.17) is 0 Å². The van der Waals surface area contributed by atoms with E-state index in [0.717, 1.165) is 29.8 Å². The second kappa shape index (κ2) is 4.52. The Kier molecular flexibility index (Phi) is 3.09. The van der Waals surface area contributed by atoms with E-state index in [-0.39, 0.29) is 11.7 Å². The van der Waals surface area contributed by atoms with Crippen LogP contribution in [0.1, 0.15) is 31.7 Å². The van der Waals surface area contributed by atoms with Crippen molar-refractivity contribution in [3.05, 3.63) is 41.5 Å². The smallest absolute Gasteiger partial charge is 0.163 e. The molecule has 1 aliphatic rings. The summed E-state index contributed by atoms with van der Waals surface area (Å²) in [6, 6.07) is 8.08. The highest BCUT2D eigenvalue weighted by atomic mass is 16.1. The molecule has 0 aromatic heterocycles. The van der Waals surface area contributed by atoms with E-state index in [9.17, 15) is 4.79 Å². The van der Waals surface area contributed by atoms with Crippen LogP contribution in [0.3, 0.4) is 0 Å². The quantitative estimate of drug-likeness (QED) is 0.768. The van der Waals surface area contributed by atoms with Crippen molar-refractivity contribution >= 4 is 11.5 Å². The molecule has 1 unspecified atom stereocenters. The molecule has 2 nitrogen and oxygen atoms in total. The molecular weight excluding hydrogens is 198 g/mol. The predicted molar refractivity (Wildman–Crippen MR) is 66.7 cm³/mol. The molecule has 0 saturated heterocycles. The van der Waals surface area contributed by atoms with Gasteiger partial charge < -0.3 is 5.32 Å². The van der Waals surface area contributed by atoms with Gasteiger partial charge in [0, 0.05) is 12.2 Å². The number of ketones is 1. The summed E-state index contributed by atoms with van der Waals surface area (Å²) in [4.78, 5) is 12.1. The van der Waals surface area contributed by atoms with Crippen molar-refractivity contribution in [3.63, 3.8) is 0 Å². The Bertz CT molecular complexity index is 430. The lowest BCUT2D eigenvalue weighted by Crippen LogP contribution is -2.21. The number of carbonyl (C=O) groups is 1. The second-order valence-electron chi connectivity index (χ2n) is 4.48. The summed E-state index contributed by atoms with van der Waals surface area (Å²) in [7, 11) is 0. The van der Waals surface area contributed by atoms with Gasteiger partial charge in [0.25, 0.3) is 0 Å². The molecule has 84 valence electrons. The zero-order chi connectivity index (χ0) is 11.5. The molecule has 0 amide bonds. The van der Waals surface area contributed by atoms with Crippen LogP contribution in [0.25, 0.3) is 0 Å². The summed E-state index contributed by atoms with van der Waals surface area (Å²) < 4.78 is 0. The fraction of sp³-hybridized carbons (Fsp3) is 0.357. The molecule has 0 saturated carbocycles. The van der Waals surface area contributed by atoms with Gasteiger partial charge in [-0.2, -0.15) is 0 Å². The highest BCUT2D eigenvalue weighted by Gasteiger charge is 2.24. The van der Waals surface area contributed by atoms with Crippen molar-refractivity contribution in [2.45, 2.75) is 26.2 Å². The number of hydrogen-bond acceptors (Lipinski definition) is 2. The molecule has 0 bridgehead atoms. The standard InChI is InChI=1S/C14H17NO/c1-10(2)9-14(16)12-7-8-15-13-6-4-3-5-11(12)13/h3-6,9,12,15H,7-8H2,1-2H3.